The largest absolute Gasteiger partial charge is 0.298 e. The highest BCUT2D eigenvalue weighted by molar-refractivity contribution is 6.05. The summed E-state index contributed by atoms with van der Waals surface area (Å²) in [6.07, 6.45) is 0.171. The van der Waals surface area contributed by atoms with Gasteiger partial charge in [-0.1, -0.05) is 0 Å². The Labute approximate surface area is 85.0 Å². The van der Waals surface area contributed by atoms with Crippen molar-refractivity contribution >= 4 is 11.8 Å². The quantitative estimate of drug-likeness (QED) is 0.545. The molecule has 2 amide bonds. The van der Waals surface area contributed by atoms with Crippen molar-refractivity contribution in [3.63, 3.8) is 0 Å². The topological polar surface area (TPSA) is 102 Å². The highest BCUT2D eigenvalue weighted by atomic mass is 16.2. The second-order valence-corrected chi connectivity index (χ2v) is 3.27. The number of hydrogen-bond donors (Lipinski definition) is 2. The van der Waals surface area contributed by atoms with E-state index in [0.717, 1.165) is 0 Å². The van der Waals surface area contributed by atoms with Gasteiger partial charge in [-0.2, -0.15) is 0 Å². The number of hydrogen-bond acceptors (Lipinski definition) is 6. The highest BCUT2D eigenvalue weighted by Gasteiger charge is 2.30. The Kier molecular flexibility index (Phi) is 2.42. The number of carbonyl (C=O) groups excluding carboxylic acids is 2. The summed E-state index contributed by atoms with van der Waals surface area (Å²) in [5.74, 6) is 0.0610. The summed E-state index contributed by atoms with van der Waals surface area (Å²) in [6, 6.07) is -0.478. The second kappa shape index (κ2) is 3.73. The van der Waals surface area contributed by atoms with Crippen molar-refractivity contribution in [2.45, 2.75) is 19.0 Å². The van der Waals surface area contributed by atoms with E-state index in [2.05, 4.69) is 26.2 Å². The molecule has 0 aromatic carbocycles. The summed E-state index contributed by atoms with van der Waals surface area (Å²) in [5.41, 5.74) is 0. The lowest BCUT2D eigenvalue weighted by atomic mass is 10.2. The number of aromatic nitrogens is 4. The van der Waals surface area contributed by atoms with Gasteiger partial charge in [0, 0.05) is 7.05 Å². The third-order valence-corrected chi connectivity index (χ3v) is 2.18. The summed E-state index contributed by atoms with van der Waals surface area (Å²) >= 11 is 0. The molecule has 1 aliphatic rings. The number of nitrogens with one attached hydrogen (secondary N) is 2. The number of imide groups is 1. The van der Waals surface area contributed by atoms with E-state index in [1.54, 1.807) is 7.05 Å². The molecule has 2 heterocycles. The van der Waals surface area contributed by atoms with E-state index in [9.17, 15) is 9.59 Å². The van der Waals surface area contributed by atoms with E-state index in [0.29, 0.717) is 12.4 Å². The van der Waals surface area contributed by atoms with Gasteiger partial charge in [0.15, 0.2) is 5.82 Å². The molecule has 1 aliphatic heterocycles. The molecule has 1 aromatic heterocycles. The molecule has 2 N–H and O–H groups in total. The molecule has 0 saturated carbocycles. The molecule has 0 aliphatic carbocycles. The van der Waals surface area contributed by atoms with E-state index in [1.165, 1.54) is 4.68 Å². The number of rotatable bonds is 3. The Morgan fingerprint density at radius 2 is 2.40 bits per heavy atom. The maximum Gasteiger partial charge on any atom is 0.244 e. The van der Waals surface area contributed by atoms with Gasteiger partial charge in [-0.15, -0.1) is 5.10 Å². The van der Waals surface area contributed by atoms with Gasteiger partial charge in [0.25, 0.3) is 0 Å². The van der Waals surface area contributed by atoms with Crippen LogP contribution >= 0.6 is 0 Å². The zero-order valence-corrected chi connectivity index (χ0v) is 8.10. The Hall–Kier alpha value is -1.83. The van der Waals surface area contributed by atoms with Gasteiger partial charge in [0.05, 0.1) is 19.0 Å². The van der Waals surface area contributed by atoms with E-state index in [1.807, 2.05) is 0 Å². The highest BCUT2D eigenvalue weighted by Crippen LogP contribution is 2.02. The molecule has 0 unspecified atom stereocenters. The molecule has 8 nitrogen and oxygen atoms in total. The van der Waals surface area contributed by atoms with Gasteiger partial charge in [-0.25, -0.2) is 4.68 Å². The molecule has 8 heteroatoms. The summed E-state index contributed by atoms with van der Waals surface area (Å²) in [4.78, 5) is 22.1. The van der Waals surface area contributed by atoms with Gasteiger partial charge >= 0.3 is 0 Å². The molecule has 0 radical (unpaired) electrons. The lowest BCUT2D eigenvalue weighted by Gasteiger charge is -2.06. The van der Waals surface area contributed by atoms with Crippen LogP contribution in [0.2, 0.25) is 0 Å². The van der Waals surface area contributed by atoms with Crippen molar-refractivity contribution < 1.29 is 9.59 Å². The number of aryl methyl sites for hydroxylation is 1. The van der Waals surface area contributed by atoms with Gasteiger partial charge in [0.2, 0.25) is 11.8 Å². The van der Waals surface area contributed by atoms with Crippen LogP contribution in [0.5, 0.6) is 0 Å². The fourth-order valence-electron chi connectivity index (χ4n) is 1.33. The van der Waals surface area contributed by atoms with Gasteiger partial charge < -0.3 is 0 Å². The lowest BCUT2D eigenvalue weighted by molar-refractivity contribution is -0.125. The smallest absolute Gasteiger partial charge is 0.244 e. The van der Waals surface area contributed by atoms with Crippen molar-refractivity contribution in [3.05, 3.63) is 5.82 Å². The predicted molar refractivity (Wildman–Crippen MR) is 47.2 cm³/mol. The zero-order chi connectivity index (χ0) is 10.8. The van der Waals surface area contributed by atoms with Gasteiger partial charge in [0.1, 0.15) is 0 Å². The van der Waals surface area contributed by atoms with Crippen molar-refractivity contribution in [2.75, 3.05) is 0 Å². The van der Waals surface area contributed by atoms with Gasteiger partial charge in [-0.05, 0) is 10.4 Å². The minimum absolute atomic E-state index is 0.171. The van der Waals surface area contributed by atoms with Crippen LogP contribution in [0.15, 0.2) is 0 Å². The van der Waals surface area contributed by atoms with Crippen LogP contribution in [0.3, 0.4) is 0 Å². The first kappa shape index (κ1) is 9.71. The maximum atomic E-state index is 11.2. The first-order valence-corrected chi connectivity index (χ1v) is 4.45. The molecule has 0 bridgehead atoms. The summed E-state index contributed by atoms with van der Waals surface area (Å²) in [7, 11) is 1.71. The monoisotopic (exact) mass is 210 g/mol. The Morgan fingerprint density at radius 1 is 1.60 bits per heavy atom. The van der Waals surface area contributed by atoms with Crippen molar-refractivity contribution in [1.29, 1.82) is 0 Å². The van der Waals surface area contributed by atoms with E-state index in [4.69, 9.17) is 0 Å². The SMILES string of the molecule is Cn1nnnc1CN[C@H]1CC(=O)NC1=O. The second-order valence-electron chi connectivity index (χ2n) is 3.27. The Balaban J connectivity index is 1.91. The van der Waals surface area contributed by atoms with Crippen LogP contribution in [0.25, 0.3) is 0 Å². The number of tetrazole rings is 1. The summed E-state index contributed by atoms with van der Waals surface area (Å²) in [6.45, 7) is 0.356. The number of carbonyl (C=O) groups is 2. The molecule has 15 heavy (non-hydrogen) atoms. The lowest BCUT2D eigenvalue weighted by Crippen LogP contribution is -2.36. The molecule has 1 saturated heterocycles. The van der Waals surface area contributed by atoms with Crippen LogP contribution in [-0.2, 0) is 23.2 Å². The fraction of sp³-hybridized carbons (Fsp3) is 0.571. The third-order valence-electron chi connectivity index (χ3n) is 2.18. The molecule has 1 aromatic rings. The fourth-order valence-corrected chi connectivity index (χ4v) is 1.33. The normalized spacial score (nSPS) is 20.7. The van der Waals surface area contributed by atoms with Crippen LogP contribution in [0, 0.1) is 0 Å². The molecule has 1 atom stereocenters. The number of amides is 2. The Bertz CT molecular complexity index is 400. The van der Waals surface area contributed by atoms with E-state index in [-0.39, 0.29) is 18.2 Å². The minimum Gasteiger partial charge on any atom is -0.298 e. The number of nitrogens with zero attached hydrogens (tertiary/aromatic N) is 4. The Morgan fingerprint density at radius 3 is 2.93 bits per heavy atom. The molecule has 2 rings (SSSR count). The molecular weight excluding hydrogens is 200 g/mol. The van der Waals surface area contributed by atoms with Crippen molar-refractivity contribution in [2.24, 2.45) is 7.05 Å². The van der Waals surface area contributed by atoms with Crippen LogP contribution in [0.4, 0.5) is 0 Å². The maximum absolute atomic E-state index is 11.2. The predicted octanol–water partition coefficient (Wildman–Crippen LogP) is -2.29. The van der Waals surface area contributed by atoms with Crippen LogP contribution in [-0.4, -0.2) is 38.1 Å². The zero-order valence-electron chi connectivity index (χ0n) is 8.10. The van der Waals surface area contributed by atoms with Crippen molar-refractivity contribution in [3.8, 4) is 0 Å². The van der Waals surface area contributed by atoms with Crippen LogP contribution < -0.4 is 10.6 Å². The van der Waals surface area contributed by atoms with E-state index < -0.39 is 6.04 Å². The average molecular weight is 210 g/mol. The first-order valence-electron chi connectivity index (χ1n) is 4.45. The third kappa shape index (κ3) is 1.99. The molecule has 1 fully saturated rings. The molecule has 80 valence electrons. The molecule has 0 spiro atoms. The summed E-state index contributed by atoms with van der Waals surface area (Å²) < 4.78 is 1.50. The summed E-state index contributed by atoms with van der Waals surface area (Å²) in [5, 5.41) is 16.0. The van der Waals surface area contributed by atoms with Crippen LogP contribution in [0.1, 0.15) is 12.2 Å². The standard InChI is InChI=1S/C7H10N6O2/c1-13-5(10-11-12-13)3-8-4-2-6(14)9-7(4)15/h4,8H,2-3H2,1H3,(H,9,14,15)/t4-/m0/s1. The van der Waals surface area contributed by atoms with Crippen molar-refractivity contribution in [1.82, 2.24) is 30.8 Å². The first-order chi connectivity index (χ1) is 7.16. The minimum atomic E-state index is -0.478. The molecular formula is C7H10N6O2. The average Bonchev–Trinajstić information content (AvgIpc) is 2.70. The van der Waals surface area contributed by atoms with Gasteiger partial charge in [-0.3, -0.25) is 20.2 Å². The van der Waals surface area contributed by atoms with E-state index >= 15 is 0 Å².